The first-order valence-corrected chi connectivity index (χ1v) is 4.99. The van der Waals surface area contributed by atoms with Gasteiger partial charge in [0, 0.05) is 0 Å². The molecule has 1 aliphatic heterocycles. The largest absolute Gasteiger partial charge is 0.369 e. The van der Waals surface area contributed by atoms with Gasteiger partial charge in [-0.1, -0.05) is 13.3 Å². The average Bonchev–Trinajstić information content (AvgIpc) is 2.19. The molecule has 6 nitrogen and oxygen atoms in total. The van der Waals surface area contributed by atoms with Crippen molar-refractivity contribution in [1.29, 1.82) is 0 Å². The number of nitrogens with two attached hydrogens (primary N) is 1. The Morgan fingerprint density at radius 2 is 2.40 bits per heavy atom. The van der Waals surface area contributed by atoms with E-state index in [-0.39, 0.29) is 17.5 Å². The minimum Gasteiger partial charge on any atom is -0.369 e. The fourth-order valence-electron chi connectivity index (χ4n) is 1.60. The van der Waals surface area contributed by atoms with Gasteiger partial charge in [-0.05, 0) is 6.42 Å². The second kappa shape index (κ2) is 3.80. The molecule has 0 saturated carbocycles. The highest BCUT2D eigenvalue weighted by atomic mass is 16.1. The third-order valence-corrected chi connectivity index (χ3v) is 2.28. The molecule has 0 aromatic carbocycles. The molecule has 1 aromatic heterocycles. The predicted octanol–water partition coefficient (Wildman–Crippen LogP) is -1.23. The summed E-state index contributed by atoms with van der Waals surface area (Å²) in [6, 6.07) is 0.106. The van der Waals surface area contributed by atoms with Crippen LogP contribution in [0.5, 0.6) is 0 Å². The van der Waals surface area contributed by atoms with Gasteiger partial charge in [-0.3, -0.25) is 19.8 Å². The molecule has 80 valence electrons. The van der Waals surface area contributed by atoms with E-state index in [1.807, 2.05) is 0 Å². The summed E-state index contributed by atoms with van der Waals surface area (Å²) < 4.78 is 0. The number of hydrogen-bond acceptors (Lipinski definition) is 5. The number of hydrogen-bond donors (Lipinski definition) is 2. The fraction of sp³-hybridized carbons (Fsp3) is 0.556. The quantitative estimate of drug-likeness (QED) is 0.635. The minimum atomic E-state index is -0.304. The zero-order valence-electron chi connectivity index (χ0n) is 8.53. The van der Waals surface area contributed by atoms with Crippen LogP contribution in [0.3, 0.4) is 0 Å². The molecule has 1 atom stereocenters. The maximum Gasteiger partial charge on any atom is 0.280 e. The van der Waals surface area contributed by atoms with Gasteiger partial charge in [-0.25, -0.2) is 0 Å². The third kappa shape index (κ3) is 1.88. The van der Waals surface area contributed by atoms with E-state index in [0.717, 1.165) is 12.8 Å². The highest BCUT2D eigenvalue weighted by Gasteiger charge is 2.11. The van der Waals surface area contributed by atoms with Crippen LogP contribution in [0.4, 0.5) is 5.95 Å². The van der Waals surface area contributed by atoms with Crippen LogP contribution < -0.4 is 22.1 Å². The molecule has 0 spiro atoms. The Kier molecular flexibility index (Phi) is 2.49. The number of rotatable bonds is 2. The van der Waals surface area contributed by atoms with E-state index in [4.69, 9.17) is 5.73 Å². The zero-order valence-corrected chi connectivity index (χ0v) is 8.53. The second-order valence-electron chi connectivity index (χ2n) is 3.54. The van der Waals surface area contributed by atoms with Crippen molar-refractivity contribution >= 4 is 5.95 Å². The topological polar surface area (TPSA) is 96.5 Å². The average molecular weight is 207 g/mol. The first-order valence-electron chi connectivity index (χ1n) is 4.99. The van der Waals surface area contributed by atoms with Crippen LogP contribution in [0.1, 0.15) is 19.8 Å². The summed E-state index contributed by atoms with van der Waals surface area (Å²) in [5.41, 5.74) is 5.47. The predicted molar refractivity (Wildman–Crippen MR) is 55.1 cm³/mol. The summed E-state index contributed by atoms with van der Waals surface area (Å²) in [7, 11) is 0. The molecule has 0 fully saturated rings. The number of nitrogens with one attached hydrogen (secondary N) is 1. The van der Waals surface area contributed by atoms with Gasteiger partial charge in [0.15, 0.2) is 10.8 Å². The number of H-pyrrole nitrogens is 1. The number of nitrogens with zero attached hydrogens (tertiary/aromatic N) is 3. The van der Waals surface area contributed by atoms with Gasteiger partial charge >= 0.3 is 0 Å². The van der Waals surface area contributed by atoms with E-state index in [1.54, 1.807) is 0 Å². The Hall–Kier alpha value is -1.72. The maximum absolute atomic E-state index is 11.5. The molecule has 0 aliphatic carbocycles. The van der Waals surface area contributed by atoms with Crippen molar-refractivity contribution in [3.05, 3.63) is 21.2 Å². The molecular formula is C9H13N5O. The molecule has 6 heteroatoms. The number of anilines is 1. The Morgan fingerprint density at radius 1 is 1.60 bits per heavy atom. The third-order valence-electron chi connectivity index (χ3n) is 2.28. The van der Waals surface area contributed by atoms with Crippen LogP contribution >= 0.6 is 0 Å². The summed E-state index contributed by atoms with van der Waals surface area (Å²) >= 11 is 0. The Balaban J connectivity index is 2.57. The van der Waals surface area contributed by atoms with Crippen molar-refractivity contribution in [1.82, 2.24) is 9.97 Å². The van der Waals surface area contributed by atoms with Crippen molar-refractivity contribution in [2.45, 2.75) is 25.8 Å². The van der Waals surface area contributed by atoms with Crippen molar-refractivity contribution in [2.24, 2.45) is 9.98 Å². The van der Waals surface area contributed by atoms with Crippen LogP contribution in [0, 0.1) is 0 Å². The molecule has 0 amide bonds. The van der Waals surface area contributed by atoms with Crippen LogP contribution in [0.2, 0.25) is 0 Å². The Labute approximate surface area is 86.0 Å². The van der Waals surface area contributed by atoms with Crippen molar-refractivity contribution in [3.63, 3.8) is 0 Å². The Bertz CT molecular complexity index is 532. The smallest absolute Gasteiger partial charge is 0.280 e. The molecule has 0 unspecified atom stereocenters. The monoisotopic (exact) mass is 207 g/mol. The second-order valence-corrected chi connectivity index (χ2v) is 3.54. The standard InChI is InChI=1S/C9H13N5O/c1-2-3-5-4-11-7-6(12-5)8(15)14-9(10)13-7/h5H,2-4H2,1H3,(H3,10,11,13,14,15)/t5-/m0/s1. The van der Waals surface area contributed by atoms with E-state index in [9.17, 15) is 4.79 Å². The lowest BCUT2D eigenvalue weighted by molar-refractivity contribution is 0.573. The fourth-order valence-corrected chi connectivity index (χ4v) is 1.60. The maximum atomic E-state index is 11.5. The van der Waals surface area contributed by atoms with E-state index in [1.165, 1.54) is 0 Å². The zero-order chi connectivity index (χ0) is 10.8. The molecule has 15 heavy (non-hydrogen) atoms. The molecule has 2 heterocycles. The van der Waals surface area contributed by atoms with Gasteiger partial charge in [-0.15, -0.1) is 0 Å². The summed E-state index contributed by atoms with van der Waals surface area (Å²) in [5, 5.41) is 0.314. The van der Waals surface area contributed by atoms with E-state index < -0.39 is 0 Å². The molecular weight excluding hydrogens is 194 g/mol. The number of aromatic amines is 1. The lowest BCUT2D eigenvalue weighted by atomic mass is 10.1. The van der Waals surface area contributed by atoms with E-state index in [2.05, 4.69) is 26.9 Å². The Morgan fingerprint density at radius 3 is 3.13 bits per heavy atom. The highest BCUT2D eigenvalue weighted by Crippen LogP contribution is 2.01. The van der Waals surface area contributed by atoms with Gasteiger partial charge in [0.05, 0.1) is 12.6 Å². The first-order chi connectivity index (χ1) is 7.20. The molecule has 1 aromatic rings. The highest BCUT2D eigenvalue weighted by molar-refractivity contribution is 5.12. The normalized spacial score (nSPS) is 18.9. The van der Waals surface area contributed by atoms with Crippen molar-refractivity contribution in [2.75, 3.05) is 12.3 Å². The van der Waals surface area contributed by atoms with Gasteiger partial charge in [-0.2, -0.15) is 4.98 Å². The number of fused-ring (bicyclic) bond motifs is 1. The summed E-state index contributed by atoms with van der Waals surface area (Å²) in [5.74, 6) is 0.0895. The molecule has 0 bridgehead atoms. The SMILES string of the molecule is CCC[C@H]1CN=c2nc(N)[nH]c(=O)c2=N1. The van der Waals surface area contributed by atoms with E-state index in [0.29, 0.717) is 17.4 Å². The van der Waals surface area contributed by atoms with Crippen LogP contribution in [0.25, 0.3) is 0 Å². The number of nitrogen functional groups attached to an aromatic ring is 1. The van der Waals surface area contributed by atoms with Crippen molar-refractivity contribution < 1.29 is 0 Å². The van der Waals surface area contributed by atoms with Crippen molar-refractivity contribution in [3.8, 4) is 0 Å². The summed E-state index contributed by atoms with van der Waals surface area (Å²) in [4.78, 5) is 26.4. The molecule has 0 radical (unpaired) electrons. The van der Waals surface area contributed by atoms with Crippen LogP contribution in [0.15, 0.2) is 14.8 Å². The van der Waals surface area contributed by atoms with Gasteiger partial charge < -0.3 is 5.73 Å². The van der Waals surface area contributed by atoms with Gasteiger partial charge in [0.1, 0.15) is 0 Å². The first kappa shape index (κ1) is 9.82. The summed E-state index contributed by atoms with van der Waals surface area (Å²) in [6.07, 6.45) is 1.96. The molecule has 3 N–H and O–H groups in total. The van der Waals surface area contributed by atoms with E-state index >= 15 is 0 Å². The molecule has 0 saturated heterocycles. The minimum absolute atomic E-state index is 0.0895. The number of aromatic nitrogens is 2. The van der Waals surface area contributed by atoms with Crippen LogP contribution in [-0.4, -0.2) is 22.6 Å². The van der Waals surface area contributed by atoms with Gasteiger partial charge in [0.25, 0.3) is 5.56 Å². The van der Waals surface area contributed by atoms with Crippen LogP contribution in [-0.2, 0) is 0 Å². The lowest BCUT2D eigenvalue weighted by Crippen LogP contribution is -2.47. The summed E-state index contributed by atoms with van der Waals surface area (Å²) in [6.45, 7) is 2.67. The molecule has 1 aliphatic rings. The lowest BCUT2D eigenvalue weighted by Gasteiger charge is -2.10. The van der Waals surface area contributed by atoms with Gasteiger partial charge in [0.2, 0.25) is 5.95 Å². The molecule has 2 rings (SSSR count).